The number of rotatable bonds is 9. The predicted octanol–water partition coefficient (Wildman–Crippen LogP) is -13.5. The average molecular weight is 631 g/mol. The van der Waals surface area contributed by atoms with Crippen LogP contribution in [0.15, 0.2) is 0 Å². The summed E-state index contributed by atoms with van der Waals surface area (Å²) >= 11 is 0. The molecule has 0 aromatic heterocycles. The van der Waals surface area contributed by atoms with Gasteiger partial charge in [0.2, 0.25) is 10.4 Å². The van der Waals surface area contributed by atoms with Crippen LogP contribution in [-0.2, 0) is 43.0 Å². The molecule has 0 aliphatic carbocycles. The van der Waals surface area contributed by atoms with Gasteiger partial charge in [-0.25, -0.2) is 8.42 Å². The molecule has 3 fully saturated rings. The number of methoxy groups -OCH3 is 1. The largest absolute Gasteiger partial charge is 1.00 e. The van der Waals surface area contributed by atoms with Crippen LogP contribution in [0.5, 0.6) is 0 Å². The van der Waals surface area contributed by atoms with Crippen molar-refractivity contribution < 1.29 is 165 Å². The van der Waals surface area contributed by atoms with E-state index in [1.807, 2.05) is 0 Å². The molecule has 3 heterocycles. The van der Waals surface area contributed by atoms with E-state index in [1.54, 1.807) is 0 Å². The van der Waals surface area contributed by atoms with Crippen LogP contribution in [0.2, 0.25) is 0 Å². The first-order valence-electron chi connectivity index (χ1n) is 11.0. The monoisotopic (exact) mass is 631 g/mol. The summed E-state index contributed by atoms with van der Waals surface area (Å²) < 4.78 is 70.1. The molecule has 0 amide bonds. The van der Waals surface area contributed by atoms with E-state index in [4.69, 9.17) is 39.9 Å². The van der Waals surface area contributed by atoms with E-state index >= 15 is 0 Å². The summed E-state index contributed by atoms with van der Waals surface area (Å²) in [6, 6.07) is -3.08. The Morgan fingerprint density at radius 2 is 1.35 bits per heavy atom. The molecule has 22 heteroatoms. The van der Waals surface area contributed by atoms with Gasteiger partial charge in [-0.2, -0.15) is 0 Å². The maximum absolute atomic E-state index is 11.4. The van der Waals surface area contributed by atoms with Crippen molar-refractivity contribution in [3.05, 3.63) is 18.1 Å². The van der Waals surface area contributed by atoms with Gasteiger partial charge in [0.15, 0.2) is 12.4 Å². The van der Waals surface area contributed by atoms with E-state index in [1.165, 1.54) is 7.11 Å². The van der Waals surface area contributed by atoms with Gasteiger partial charge in [-0.15, -0.1) is 0 Å². The molecule has 217 valence electrons. The molecule has 3 aliphatic heterocycles. The van der Waals surface area contributed by atoms with E-state index in [0.29, 0.717) is 0 Å². The van der Waals surface area contributed by atoms with Crippen LogP contribution < -0.4 is 88.7 Å². The molecular formula is C18H30N2Na3O16S. The Balaban J connectivity index is 0.00000507. The molecule has 0 aromatic carbocycles. The molecule has 3 aliphatic rings. The van der Waals surface area contributed by atoms with Crippen LogP contribution >= 0.6 is 0 Å². The van der Waals surface area contributed by atoms with Crippen LogP contribution in [0.3, 0.4) is 0 Å². The molecule has 8 N–H and O–H groups in total. The molecule has 40 heavy (non-hydrogen) atoms. The summed E-state index contributed by atoms with van der Waals surface area (Å²) in [6.45, 7) is -0.726. The van der Waals surface area contributed by atoms with Crippen molar-refractivity contribution in [1.82, 2.24) is 0 Å². The zero-order valence-electron chi connectivity index (χ0n) is 22.2. The van der Waals surface area contributed by atoms with Crippen molar-refractivity contribution >= 4 is 10.4 Å². The van der Waals surface area contributed by atoms with Crippen molar-refractivity contribution in [2.24, 2.45) is 0 Å². The molecule has 3 rings (SSSR count). The molecule has 0 aromatic rings. The second-order valence-electron chi connectivity index (χ2n) is 8.51. The molecule has 5 unspecified atom stereocenters. The van der Waals surface area contributed by atoms with Crippen molar-refractivity contribution in [1.29, 1.82) is 0 Å². The SMILES string of the molecule is CO[C@@H]1OC(CO)[C@H](O[C@@H]2O[CH][C@H](O[C@@H]3OC(CO)[C@H](O)[C@H](O)C3[NH-])[C@H](O)C2OS(=O)(=O)[O-])[C@H](O)C1[NH-].[Na+].[Na+].[Na+]. The van der Waals surface area contributed by atoms with Gasteiger partial charge in [0, 0.05) is 7.11 Å². The first-order valence-corrected chi connectivity index (χ1v) is 12.3. The summed E-state index contributed by atoms with van der Waals surface area (Å²) in [7, 11) is -4.30. The Morgan fingerprint density at radius 1 is 0.800 bits per heavy atom. The second kappa shape index (κ2) is 18.5. The summed E-state index contributed by atoms with van der Waals surface area (Å²) in [5, 5.41) is 60.1. The minimum atomic E-state index is -5.50. The topological polar surface area (TPSA) is 291 Å². The fourth-order valence-corrected chi connectivity index (χ4v) is 4.54. The quantitative estimate of drug-likeness (QED) is 0.0782. The number of aliphatic hydroxyl groups is 6. The van der Waals surface area contributed by atoms with Gasteiger partial charge in [-0.05, 0) is 0 Å². The Bertz CT molecular complexity index is 850. The molecule has 0 saturated carbocycles. The van der Waals surface area contributed by atoms with E-state index in [2.05, 4.69) is 4.18 Å². The van der Waals surface area contributed by atoms with Crippen LogP contribution in [-0.4, -0.2) is 150 Å². The first kappa shape index (κ1) is 42.3. The summed E-state index contributed by atoms with van der Waals surface area (Å²) in [5.41, 5.74) is 16.0. The van der Waals surface area contributed by atoms with Crippen LogP contribution in [0.1, 0.15) is 0 Å². The molecular weight excluding hydrogens is 601 g/mol. The molecule has 18 nitrogen and oxygen atoms in total. The molecule has 0 bridgehead atoms. The smallest absolute Gasteiger partial charge is 0.726 e. The van der Waals surface area contributed by atoms with Gasteiger partial charge in [-0.1, -0.05) is 12.1 Å². The van der Waals surface area contributed by atoms with Gasteiger partial charge >= 0.3 is 88.7 Å². The Labute approximate surface area is 296 Å². The maximum atomic E-state index is 11.4. The summed E-state index contributed by atoms with van der Waals surface area (Å²) in [4.78, 5) is 0. The molecule has 3 saturated heterocycles. The van der Waals surface area contributed by atoms with Crippen LogP contribution in [0, 0.1) is 6.61 Å². The van der Waals surface area contributed by atoms with E-state index in [9.17, 15) is 43.6 Å². The van der Waals surface area contributed by atoms with Gasteiger partial charge < -0.3 is 75.1 Å². The number of hydrogen-bond acceptors (Lipinski definition) is 16. The van der Waals surface area contributed by atoms with Crippen molar-refractivity contribution in [3.8, 4) is 0 Å². The van der Waals surface area contributed by atoms with Gasteiger partial charge in [0.25, 0.3) is 0 Å². The van der Waals surface area contributed by atoms with Crippen molar-refractivity contribution in [2.45, 2.75) is 85.9 Å². The van der Waals surface area contributed by atoms with Gasteiger partial charge in [0.05, 0.1) is 25.4 Å². The normalized spacial score (nSPS) is 44.0. The van der Waals surface area contributed by atoms with Crippen LogP contribution in [0.25, 0.3) is 11.5 Å². The minimum absolute atomic E-state index is 0. The summed E-state index contributed by atoms with van der Waals surface area (Å²) in [6.07, 6.45) is -19.9. The minimum Gasteiger partial charge on any atom is -0.726 e. The van der Waals surface area contributed by atoms with E-state index < -0.39 is 110 Å². The number of ether oxygens (including phenoxy) is 6. The third-order valence-electron chi connectivity index (χ3n) is 6.07. The Kier molecular flexibility index (Phi) is 19.5. The third-order valence-corrected chi connectivity index (χ3v) is 6.52. The van der Waals surface area contributed by atoms with E-state index in [-0.39, 0.29) is 88.7 Å². The Hall–Kier alpha value is 2.31. The van der Waals surface area contributed by atoms with Crippen molar-refractivity contribution in [2.75, 3.05) is 20.3 Å². The number of aliphatic hydroxyl groups excluding tert-OH is 6. The number of nitrogens with one attached hydrogen (secondary N) is 2. The molecule has 1 radical (unpaired) electrons. The third kappa shape index (κ3) is 10.2. The second-order valence-corrected chi connectivity index (χ2v) is 9.52. The van der Waals surface area contributed by atoms with E-state index in [0.717, 1.165) is 6.61 Å². The zero-order valence-corrected chi connectivity index (χ0v) is 29.1. The van der Waals surface area contributed by atoms with Crippen LogP contribution in [0.4, 0.5) is 0 Å². The van der Waals surface area contributed by atoms with Gasteiger partial charge in [0.1, 0.15) is 55.8 Å². The molecule has 0 spiro atoms. The fourth-order valence-electron chi connectivity index (χ4n) is 4.07. The zero-order chi connectivity index (χ0) is 27.7. The number of hydrogen-bond donors (Lipinski definition) is 6. The van der Waals surface area contributed by atoms with Gasteiger partial charge in [-0.3, -0.25) is 4.18 Å². The fraction of sp³-hybridized carbons (Fsp3) is 0.944. The maximum Gasteiger partial charge on any atom is 1.00 e. The summed E-state index contributed by atoms with van der Waals surface area (Å²) in [5.74, 6) is 0. The molecule has 14 atom stereocenters. The average Bonchev–Trinajstić information content (AvgIpc) is 2.85. The van der Waals surface area contributed by atoms with Crippen molar-refractivity contribution in [3.63, 3.8) is 0 Å². The first-order chi connectivity index (χ1) is 17.3. The standard InChI is InChI=1S/C18H31N2O16S.3Na/c1-30-16-9(20)13(26)14(6(3-22)33-16)35-18-15(36-37(27,28)29)11(24)7(4-31-18)34-17-8(19)12(25)10(23)5(2-21)32-17;;;/h4-26H,2-3H2,1H3,(H,27,28,29);;;/q-2;3*+1/p-1/t5?,6?,7-,8?,9?,10-,11-,12+,13+,14-,15?,16+,17-,18-;;;/m0.../s1. The predicted molar refractivity (Wildman–Crippen MR) is 112 cm³/mol. The Morgan fingerprint density at radius 3 is 1.88 bits per heavy atom.